The van der Waals surface area contributed by atoms with E-state index in [-0.39, 0.29) is 0 Å². The number of aromatic nitrogens is 2. The summed E-state index contributed by atoms with van der Waals surface area (Å²) < 4.78 is 1.94. The molecule has 2 aromatic carbocycles. The average molecular weight is 264 g/mol. The van der Waals surface area contributed by atoms with Gasteiger partial charge in [0.1, 0.15) is 11.9 Å². The van der Waals surface area contributed by atoms with Crippen molar-refractivity contribution in [3.63, 3.8) is 0 Å². The van der Waals surface area contributed by atoms with Crippen LogP contribution in [0.1, 0.15) is 17.4 Å². The van der Waals surface area contributed by atoms with Crippen molar-refractivity contribution in [2.24, 2.45) is 7.05 Å². The Hall–Kier alpha value is -2.39. The first-order valence-corrected chi connectivity index (χ1v) is 6.57. The zero-order valence-electron chi connectivity index (χ0n) is 11.3. The highest BCUT2D eigenvalue weighted by Crippen LogP contribution is 2.24. The van der Waals surface area contributed by atoms with E-state index in [2.05, 4.69) is 4.98 Å². The van der Waals surface area contributed by atoms with Gasteiger partial charge in [0.2, 0.25) is 0 Å². The number of imidazole rings is 1. The Morgan fingerprint density at radius 2 is 1.55 bits per heavy atom. The second kappa shape index (κ2) is 5.31. The van der Waals surface area contributed by atoms with Gasteiger partial charge in [-0.15, -0.1) is 0 Å². The molecule has 0 radical (unpaired) electrons. The Morgan fingerprint density at radius 1 is 0.950 bits per heavy atom. The molecule has 1 unspecified atom stereocenters. The highest BCUT2D eigenvalue weighted by Gasteiger charge is 2.16. The van der Waals surface area contributed by atoms with E-state index in [1.807, 2.05) is 78.5 Å². The minimum absolute atomic E-state index is 0.664. The number of aryl methyl sites for hydroxylation is 1. The third-order valence-corrected chi connectivity index (χ3v) is 3.32. The first kappa shape index (κ1) is 12.6. The predicted octanol–water partition coefficient (Wildman–Crippen LogP) is 3.17. The first-order chi connectivity index (χ1) is 9.75. The quantitative estimate of drug-likeness (QED) is 0.789. The lowest BCUT2D eigenvalue weighted by Gasteiger charge is -2.07. The first-order valence-electron chi connectivity index (χ1n) is 6.57. The lowest BCUT2D eigenvalue weighted by molar-refractivity contribution is 0.216. The van der Waals surface area contributed by atoms with Crippen LogP contribution in [0.3, 0.4) is 0 Å². The van der Waals surface area contributed by atoms with Gasteiger partial charge in [-0.1, -0.05) is 60.7 Å². The summed E-state index contributed by atoms with van der Waals surface area (Å²) in [5, 5.41) is 10.4. The molecular weight excluding hydrogens is 248 g/mol. The number of benzene rings is 2. The number of hydrogen-bond donors (Lipinski definition) is 1. The molecule has 0 fully saturated rings. The molecule has 0 aliphatic rings. The van der Waals surface area contributed by atoms with Crippen molar-refractivity contribution >= 4 is 0 Å². The molecule has 0 spiro atoms. The molecule has 1 atom stereocenters. The van der Waals surface area contributed by atoms with E-state index in [4.69, 9.17) is 0 Å². The Labute approximate surface area is 118 Å². The number of hydrogen-bond acceptors (Lipinski definition) is 2. The second-order valence-corrected chi connectivity index (χ2v) is 4.78. The number of rotatable bonds is 3. The van der Waals surface area contributed by atoms with Crippen molar-refractivity contribution in [3.05, 3.63) is 78.1 Å². The Kier molecular flexibility index (Phi) is 3.35. The van der Waals surface area contributed by atoms with Gasteiger partial charge in [-0.3, -0.25) is 0 Å². The second-order valence-electron chi connectivity index (χ2n) is 4.78. The van der Waals surface area contributed by atoms with E-state index in [0.717, 1.165) is 17.0 Å². The molecular formula is C17H16N2O. The third-order valence-electron chi connectivity index (χ3n) is 3.32. The Balaban J connectivity index is 1.97. The van der Waals surface area contributed by atoms with E-state index in [1.54, 1.807) is 0 Å². The fourth-order valence-corrected chi connectivity index (χ4v) is 2.28. The summed E-state index contributed by atoms with van der Waals surface area (Å²) >= 11 is 0. The van der Waals surface area contributed by atoms with Gasteiger partial charge in [-0.2, -0.15) is 0 Å². The maximum Gasteiger partial charge on any atom is 0.140 e. The molecule has 1 heterocycles. The molecule has 0 amide bonds. The summed E-state index contributed by atoms with van der Waals surface area (Å²) in [5.41, 5.74) is 2.56. The normalized spacial score (nSPS) is 12.3. The number of aliphatic hydroxyl groups excluding tert-OH is 1. The lowest BCUT2D eigenvalue weighted by Crippen LogP contribution is -1.99. The van der Waals surface area contributed by atoms with Crippen molar-refractivity contribution in [1.82, 2.24) is 9.55 Å². The van der Waals surface area contributed by atoms with Crippen LogP contribution in [0.5, 0.6) is 0 Å². The van der Waals surface area contributed by atoms with Crippen LogP contribution < -0.4 is 0 Å². The highest BCUT2D eigenvalue weighted by atomic mass is 16.3. The van der Waals surface area contributed by atoms with Gasteiger partial charge in [-0.25, -0.2) is 4.98 Å². The van der Waals surface area contributed by atoms with Gasteiger partial charge < -0.3 is 9.67 Å². The van der Waals surface area contributed by atoms with Crippen molar-refractivity contribution < 1.29 is 5.11 Å². The molecule has 3 nitrogen and oxygen atoms in total. The van der Waals surface area contributed by atoms with E-state index in [0.29, 0.717) is 5.69 Å². The summed E-state index contributed by atoms with van der Waals surface area (Å²) in [6.45, 7) is 0. The van der Waals surface area contributed by atoms with Gasteiger partial charge >= 0.3 is 0 Å². The predicted molar refractivity (Wildman–Crippen MR) is 79.1 cm³/mol. The molecule has 1 N–H and O–H groups in total. The van der Waals surface area contributed by atoms with Crippen molar-refractivity contribution in [3.8, 4) is 11.4 Å². The van der Waals surface area contributed by atoms with Crippen LogP contribution in [0, 0.1) is 0 Å². The third kappa shape index (κ3) is 2.36. The summed E-state index contributed by atoms with van der Waals surface area (Å²) in [4.78, 5) is 4.57. The fourth-order valence-electron chi connectivity index (χ4n) is 2.28. The van der Waals surface area contributed by atoms with Gasteiger partial charge in [0.15, 0.2) is 0 Å². The molecule has 0 saturated heterocycles. The highest BCUT2D eigenvalue weighted by molar-refractivity contribution is 5.56. The largest absolute Gasteiger partial charge is 0.382 e. The number of aliphatic hydroxyl groups is 1. The van der Waals surface area contributed by atoms with Crippen LogP contribution in [0.2, 0.25) is 0 Å². The minimum Gasteiger partial charge on any atom is -0.382 e. The van der Waals surface area contributed by atoms with E-state index >= 15 is 0 Å². The smallest absolute Gasteiger partial charge is 0.140 e. The minimum atomic E-state index is -0.695. The maximum absolute atomic E-state index is 10.4. The van der Waals surface area contributed by atoms with Crippen molar-refractivity contribution in [1.29, 1.82) is 0 Å². The van der Waals surface area contributed by atoms with Crippen molar-refractivity contribution in [2.45, 2.75) is 6.10 Å². The van der Waals surface area contributed by atoms with Crippen LogP contribution in [-0.2, 0) is 7.05 Å². The van der Waals surface area contributed by atoms with Gasteiger partial charge in [0.25, 0.3) is 0 Å². The van der Waals surface area contributed by atoms with Crippen LogP contribution >= 0.6 is 0 Å². The van der Waals surface area contributed by atoms with Crippen LogP contribution in [0.25, 0.3) is 11.4 Å². The lowest BCUT2D eigenvalue weighted by atomic mass is 10.1. The maximum atomic E-state index is 10.4. The van der Waals surface area contributed by atoms with Gasteiger partial charge in [0.05, 0.1) is 5.69 Å². The van der Waals surface area contributed by atoms with Crippen LogP contribution in [0.4, 0.5) is 0 Å². The van der Waals surface area contributed by atoms with E-state index in [1.165, 1.54) is 0 Å². The zero-order chi connectivity index (χ0) is 13.9. The summed E-state index contributed by atoms with van der Waals surface area (Å²) in [6.07, 6.45) is 1.18. The summed E-state index contributed by atoms with van der Waals surface area (Å²) in [5.74, 6) is 0.857. The molecule has 1 aromatic heterocycles. The number of nitrogens with zero attached hydrogens (tertiary/aromatic N) is 2. The molecule has 3 aromatic rings. The molecule has 0 aliphatic heterocycles. The molecule has 3 rings (SSSR count). The monoisotopic (exact) mass is 264 g/mol. The van der Waals surface area contributed by atoms with Crippen LogP contribution in [0.15, 0.2) is 66.9 Å². The standard InChI is InChI=1S/C17H16N2O/c1-19-12-15(16(20)13-8-4-2-5-9-13)18-17(19)14-10-6-3-7-11-14/h2-12,16,20H,1H3. The average Bonchev–Trinajstić information content (AvgIpc) is 2.90. The van der Waals surface area contributed by atoms with E-state index < -0.39 is 6.10 Å². The topological polar surface area (TPSA) is 38.0 Å². The fraction of sp³-hybridized carbons (Fsp3) is 0.118. The Bertz CT molecular complexity index is 690. The van der Waals surface area contributed by atoms with Crippen LogP contribution in [-0.4, -0.2) is 14.7 Å². The zero-order valence-corrected chi connectivity index (χ0v) is 11.3. The molecule has 100 valence electrons. The summed E-state index contributed by atoms with van der Waals surface area (Å²) in [7, 11) is 1.94. The molecule has 0 saturated carbocycles. The SMILES string of the molecule is Cn1cc(C(O)c2ccccc2)nc1-c1ccccc1. The molecule has 0 aliphatic carbocycles. The van der Waals surface area contributed by atoms with E-state index in [9.17, 15) is 5.11 Å². The van der Waals surface area contributed by atoms with Gasteiger partial charge in [0, 0.05) is 18.8 Å². The Morgan fingerprint density at radius 3 is 2.20 bits per heavy atom. The van der Waals surface area contributed by atoms with Crippen molar-refractivity contribution in [2.75, 3.05) is 0 Å². The van der Waals surface area contributed by atoms with Gasteiger partial charge in [-0.05, 0) is 5.56 Å². The molecule has 0 bridgehead atoms. The molecule has 20 heavy (non-hydrogen) atoms. The summed E-state index contributed by atoms with van der Waals surface area (Å²) in [6, 6.07) is 19.6. The molecule has 3 heteroatoms.